The summed E-state index contributed by atoms with van der Waals surface area (Å²) in [5.41, 5.74) is 4.35. The number of methoxy groups -OCH3 is 1. The summed E-state index contributed by atoms with van der Waals surface area (Å²) in [7, 11) is 1.53. The van der Waals surface area contributed by atoms with Crippen molar-refractivity contribution in [3.05, 3.63) is 53.1 Å². The van der Waals surface area contributed by atoms with Crippen molar-refractivity contribution in [1.82, 2.24) is 0 Å². The van der Waals surface area contributed by atoms with Crippen molar-refractivity contribution in [2.24, 2.45) is 0 Å². The smallest absolute Gasteiger partial charge is 0.233 e. The van der Waals surface area contributed by atoms with Crippen LogP contribution < -0.4 is 15.4 Å². The minimum absolute atomic E-state index is 0.260. The molecule has 2 aromatic carbocycles. The van der Waals surface area contributed by atoms with E-state index < -0.39 is 0 Å². The van der Waals surface area contributed by atoms with Gasteiger partial charge in [0.15, 0.2) is 0 Å². The standard InChI is InChI=1S/C19H22N2O3/c1-12-5-7-15(14(3)9-12)20-18(22)11-19(23)21-16-10-13(2)6-8-17(16)24-4/h5-10H,11H2,1-4H3,(H,20,22)(H,21,23). The van der Waals surface area contributed by atoms with E-state index in [0.29, 0.717) is 17.1 Å². The molecule has 0 heterocycles. The Bertz CT molecular complexity index is 769. The van der Waals surface area contributed by atoms with Crippen LogP contribution in [0.3, 0.4) is 0 Å². The average molecular weight is 326 g/mol. The molecule has 0 spiro atoms. The summed E-state index contributed by atoms with van der Waals surface area (Å²) in [6.45, 7) is 5.82. The number of aryl methyl sites for hydroxylation is 3. The maximum absolute atomic E-state index is 12.1. The molecule has 0 aliphatic heterocycles. The first kappa shape index (κ1) is 17.5. The van der Waals surface area contributed by atoms with Crippen LogP contribution in [0.1, 0.15) is 23.1 Å². The van der Waals surface area contributed by atoms with Gasteiger partial charge in [0.1, 0.15) is 12.2 Å². The second-order valence-electron chi connectivity index (χ2n) is 5.80. The van der Waals surface area contributed by atoms with E-state index in [0.717, 1.165) is 16.7 Å². The lowest BCUT2D eigenvalue weighted by molar-refractivity contribution is -0.123. The first-order valence-corrected chi connectivity index (χ1v) is 7.70. The van der Waals surface area contributed by atoms with E-state index in [9.17, 15) is 9.59 Å². The number of hydrogen-bond donors (Lipinski definition) is 2. The zero-order valence-electron chi connectivity index (χ0n) is 14.4. The normalized spacial score (nSPS) is 10.2. The van der Waals surface area contributed by atoms with E-state index in [-0.39, 0.29) is 18.2 Å². The van der Waals surface area contributed by atoms with Gasteiger partial charge in [-0.2, -0.15) is 0 Å². The summed E-state index contributed by atoms with van der Waals surface area (Å²) in [4.78, 5) is 24.2. The quantitative estimate of drug-likeness (QED) is 0.825. The third-order valence-corrected chi connectivity index (χ3v) is 3.61. The van der Waals surface area contributed by atoms with E-state index in [1.54, 1.807) is 12.1 Å². The summed E-state index contributed by atoms with van der Waals surface area (Å²) >= 11 is 0. The fourth-order valence-electron chi connectivity index (χ4n) is 2.41. The molecule has 2 N–H and O–H groups in total. The summed E-state index contributed by atoms with van der Waals surface area (Å²) in [6.07, 6.45) is -0.260. The van der Waals surface area contributed by atoms with Crippen molar-refractivity contribution in [2.75, 3.05) is 17.7 Å². The number of amides is 2. The Morgan fingerprint density at radius 3 is 2.08 bits per heavy atom. The van der Waals surface area contributed by atoms with Crippen LogP contribution in [0.25, 0.3) is 0 Å². The van der Waals surface area contributed by atoms with Crippen LogP contribution in [0.4, 0.5) is 11.4 Å². The third kappa shape index (κ3) is 4.59. The van der Waals surface area contributed by atoms with Crippen LogP contribution in [-0.2, 0) is 9.59 Å². The molecule has 0 radical (unpaired) electrons. The molecular weight excluding hydrogens is 304 g/mol. The monoisotopic (exact) mass is 326 g/mol. The number of rotatable bonds is 5. The summed E-state index contributed by atoms with van der Waals surface area (Å²) < 4.78 is 5.21. The van der Waals surface area contributed by atoms with Gasteiger partial charge < -0.3 is 15.4 Å². The van der Waals surface area contributed by atoms with Gasteiger partial charge in [0.05, 0.1) is 12.8 Å². The number of benzene rings is 2. The molecule has 2 rings (SSSR count). The highest BCUT2D eigenvalue weighted by Gasteiger charge is 2.13. The van der Waals surface area contributed by atoms with Gasteiger partial charge in [0.2, 0.25) is 11.8 Å². The van der Waals surface area contributed by atoms with Crippen LogP contribution in [0, 0.1) is 20.8 Å². The van der Waals surface area contributed by atoms with Crippen molar-refractivity contribution in [2.45, 2.75) is 27.2 Å². The average Bonchev–Trinajstić information content (AvgIpc) is 2.50. The molecule has 0 atom stereocenters. The Kier molecular flexibility index (Phi) is 5.58. The lowest BCUT2D eigenvalue weighted by Crippen LogP contribution is -2.22. The van der Waals surface area contributed by atoms with Crippen molar-refractivity contribution in [3.8, 4) is 5.75 Å². The molecule has 0 unspecified atom stereocenters. The van der Waals surface area contributed by atoms with E-state index in [1.165, 1.54) is 7.11 Å². The number of ether oxygens (including phenoxy) is 1. The largest absolute Gasteiger partial charge is 0.495 e. The first-order valence-electron chi connectivity index (χ1n) is 7.70. The number of carbonyl (C=O) groups is 2. The molecule has 0 aliphatic carbocycles. The predicted molar refractivity (Wildman–Crippen MR) is 95.5 cm³/mol. The molecule has 5 heteroatoms. The van der Waals surface area contributed by atoms with Crippen molar-refractivity contribution < 1.29 is 14.3 Å². The van der Waals surface area contributed by atoms with Crippen LogP contribution in [-0.4, -0.2) is 18.9 Å². The molecule has 0 saturated carbocycles. The van der Waals surface area contributed by atoms with Crippen molar-refractivity contribution in [1.29, 1.82) is 0 Å². The molecule has 126 valence electrons. The molecule has 0 bridgehead atoms. The van der Waals surface area contributed by atoms with Crippen LogP contribution in [0.2, 0.25) is 0 Å². The van der Waals surface area contributed by atoms with E-state index in [2.05, 4.69) is 10.6 Å². The van der Waals surface area contributed by atoms with Gasteiger partial charge in [-0.25, -0.2) is 0 Å². The topological polar surface area (TPSA) is 67.4 Å². The van der Waals surface area contributed by atoms with Gasteiger partial charge in [-0.15, -0.1) is 0 Å². The number of anilines is 2. The SMILES string of the molecule is COc1ccc(C)cc1NC(=O)CC(=O)Nc1ccc(C)cc1C. The Hall–Kier alpha value is -2.82. The Morgan fingerprint density at radius 1 is 0.875 bits per heavy atom. The molecule has 2 amide bonds. The first-order chi connectivity index (χ1) is 11.4. The second kappa shape index (κ2) is 7.64. The Morgan fingerprint density at radius 2 is 1.46 bits per heavy atom. The number of nitrogens with one attached hydrogen (secondary N) is 2. The van der Waals surface area contributed by atoms with Crippen LogP contribution in [0.15, 0.2) is 36.4 Å². The van der Waals surface area contributed by atoms with Gasteiger partial charge >= 0.3 is 0 Å². The Balaban J connectivity index is 1.99. The molecule has 0 aromatic heterocycles. The van der Waals surface area contributed by atoms with Crippen molar-refractivity contribution >= 4 is 23.2 Å². The van der Waals surface area contributed by atoms with E-state index >= 15 is 0 Å². The fourth-order valence-corrected chi connectivity index (χ4v) is 2.41. The molecule has 0 fully saturated rings. The number of hydrogen-bond acceptors (Lipinski definition) is 3. The highest BCUT2D eigenvalue weighted by Crippen LogP contribution is 2.25. The molecule has 5 nitrogen and oxygen atoms in total. The summed E-state index contributed by atoms with van der Waals surface area (Å²) in [5.74, 6) is -0.184. The van der Waals surface area contributed by atoms with E-state index in [1.807, 2.05) is 45.0 Å². The minimum atomic E-state index is -0.388. The highest BCUT2D eigenvalue weighted by atomic mass is 16.5. The zero-order valence-corrected chi connectivity index (χ0v) is 14.4. The third-order valence-electron chi connectivity index (χ3n) is 3.61. The van der Waals surface area contributed by atoms with Gasteiger partial charge in [0.25, 0.3) is 0 Å². The molecule has 0 saturated heterocycles. The summed E-state index contributed by atoms with van der Waals surface area (Å²) in [5, 5.41) is 5.48. The molecular formula is C19H22N2O3. The molecule has 2 aromatic rings. The van der Waals surface area contributed by atoms with Gasteiger partial charge in [-0.1, -0.05) is 23.8 Å². The van der Waals surface area contributed by atoms with Gasteiger partial charge in [0, 0.05) is 5.69 Å². The van der Waals surface area contributed by atoms with Crippen LogP contribution in [0.5, 0.6) is 5.75 Å². The van der Waals surface area contributed by atoms with Crippen LogP contribution >= 0.6 is 0 Å². The second-order valence-corrected chi connectivity index (χ2v) is 5.80. The highest BCUT2D eigenvalue weighted by molar-refractivity contribution is 6.08. The zero-order chi connectivity index (χ0) is 17.7. The lowest BCUT2D eigenvalue weighted by Gasteiger charge is -2.12. The van der Waals surface area contributed by atoms with Gasteiger partial charge in [-0.05, 0) is 50.1 Å². The fraction of sp³-hybridized carbons (Fsp3) is 0.263. The number of carbonyl (C=O) groups excluding carboxylic acids is 2. The minimum Gasteiger partial charge on any atom is -0.495 e. The maximum Gasteiger partial charge on any atom is 0.233 e. The molecule has 0 aliphatic rings. The van der Waals surface area contributed by atoms with Gasteiger partial charge in [-0.3, -0.25) is 9.59 Å². The predicted octanol–water partition coefficient (Wildman–Crippen LogP) is 3.59. The van der Waals surface area contributed by atoms with E-state index in [4.69, 9.17) is 4.74 Å². The maximum atomic E-state index is 12.1. The van der Waals surface area contributed by atoms with Crippen molar-refractivity contribution in [3.63, 3.8) is 0 Å². The Labute approximate surface area is 142 Å². The lowest BCUT2D eigenvalue weighted by atomic mass is 10.1. The summed E-state index contributed by atoms with van der Waals surface area (Å²) in [6, 6.07) is 11.2. The molecule has 24 heavy (non-hydrogen) atoms.